The van der Waals surface area contributed by atoms with Crippen LogP contribution in [0.15, 0.2) is 23.3 Å². The molecule has 218 valence electrons. The molecule has 1 N–H and O–H groups in total. The van der Waals surface area contributed by atoms with E-state index >= 15 is 0 Å². The molecular formula is C33H44F2N2O3. The number of allylic oxidation sites excluding steroid dienone is 4. The minimum Gasteiger partial charge on any atom is -0.345 e. The van der Waals surface area contributed by atoms with Crippen LogP contribution in [-0.4, -0.2) is 28.9 Å². The maximum atomic E-state index is 14.4. The van der Waals surface area contributed by atoms with Gasteiger partial charge in [-0.05, 0) is 79.1 Å². The third-order valence-corrected chi connectivity index (χ3v) is 12.6. The van der Waals surface area contributed by atoms with E-state index < -0.39 is 44.9 Å². The van der Waals surface area contributed by atoms with Gasteiger partial charge in [-0.25, -0.2) is 0 Å². The summed E-state index contributed by atoms with van der Waals surface area (Å²) in [5.74, 6) is -5.62. The number of nitrogens with one attached hydrogen (secondary N) is 1. The van der Waals surface area contributed by atoms with E-state index in [1.165, 1.54) is 0 Å². The fourth-order valence-corrected chi connectivity index (χ4v) is 10.2. The Balaban J connectivity index is 1.67. The molecule has 0 aromatic heterocycles. The zero-order valence-electron chi connectivity index (χ0n) is 25.3. The van der Waals surface area contributed by atoms with Crippen LogP contribution in [0.25, 0.3) is 0 Å². The number of hydrogen-bond acceptors (Lipinski definition) is 4. The first-order valence-corrected chi connectivity index (χ1v) is 14.8. The highest BCUT2D eigenvalue weighted by Crippen LogP contribution is 2.73. The number of rotatable bonds is 2. The highest BCUT2D eigenvalue weighted by Gasteiger charge is 2.70. The van der Waals surface area contributed by atoms with Crippen molar-refractivity contribution in [3.8, 4) is 6.07 Å². The van der Waals surface area contributed by atoms with Gasteiger partial charge in [-0.15, -0.1) is 0 Å². The number of nitrogens with zero attached hydrogens (tertiary/aromatic N) is 1. The van der Waals surface area contributed by atoms with Gasteiger partial charge in [-0.3, -0.25) is 14.4 Å². The first kappa shape index (κ1) is 29.1. The number of fused-ring (bicyclic) bond motifs is 7. The molecule has 0 spiro atoms. The molecule has 0 radical (unpaired) electrons. The van der Waals surface area contributed by atoms with Crippen LogP contribution in [0.3, 0.4) is 0 Å². The zero-order chi connectivity index (χ0) is 29.9. The monoisotopic (exact) mass is 554 g/mol. The van der Waals surface area contributed by atoms with Gasteiger partial charge in [0.1, 0.15) is 6.07 Å². The van der Waals surface area contributed by atoms with Crippen LogP contribution >= 0.6 is 0 Å². The summed E-state index contributed by atoms with van der Waals surface area (Å²) in [5, 5.41) is 12.7. The Morgan fingerprint density at radius 3 is 2.25 bits per heavy atom. The molecule has 5 aliphatic carbocycles. The quantitative estimate of drug-likeness (QED) is 0.410. The lowest BCUT2D eigenvalue weighted by Crippen LogP contribution is -2.70. The van der Waals surface area contributed by atoms with E-state index in [-0.39, 0.29) is 34.4 Å². The van der Waals surface area contributed by atoms with Crippen molar-refractivity contribution in [2.24, 2.45) is 44.8 Å². The van der Waals surface area contributed by atoms with E-state index in [9.17, 15) is 28.4 Å². The highest BCUT2D eigenvalue weighted by atomic mass is 19.3. The van der Waals surface area contributed by atoms with Crippen LogP contribution < -0.4 is 5.32 Å². The number of amides is 1. The standard InChI is InChI=1S/C33H44F2N2O3/c1-27(2)11-13-33(37-26(40)32(8,34)35)14-12-31(7)24(20(33)17-27)21(38)15-23-29(5)16-19(18-36)25(39)28(3,4)22(29)9-10-30(23,31)6/h15-16,20,22,24H,9-14,17H2,1-8H3,(H,37,40)/t20-,22+,24+,29-,30+,31-,33+/m1/s1. The summed E-state index contributed by atoms with van der Waals surface area (Å²) in [6.45, 7) is 15.3. The lowest BCUT2D eigenvalue weighted by molar-refractivity contribution is -0.168. The maximum Gasteiger partial charge on any atom is 0.321 e. The van der Waals surface area contributed by atoms with Crippen molar-refractivity contribution in [3.63, 3.8) is 0 Å². The van der Waals surface area contributed by atoms with E-state index in [4.69, 9.17) is 0 Å². The van der Waals surface area contributed by atoms with Gasteiger partial charge in [0.25, 0.3) is 5.91 Å². The molecule has 0 heterocycles. The van der Waals surface area contributed by atoms with Crippen LogP contribution in [0.2, 0.25) is 0 Å². The van der Waals surface area contributed by atoms with Crippen LogP contribution in [0, 0.1) is 56.2 Å². The van der Waals surface area contributed by atoms with Gasteiger partial charge in [0.15, 0.2) is 11.6 Å². The predicted molar refractivity (Wildman–Crippen MR) is 148 cm³/mol. The molecule has 1 amide bonds. The summed E-state index contributed by atoms with van der Waals surface area (Å²) in [6, 6.07) is 2.13. The second kappa shape index (κ2) is 8.35. The predicted octanol–water partition coefficient (Wildman–Crippen LogP) is 6.73. The molecule has 3 fully saturated rings. The first-order chi connectivity index (χ1) is 18.2. The average molecular weight is 555 g/mol. The summed E-state index contributed by atoms with van der Waals surface area (Å²) in [4.78, 5) is 40.3. The molecule has 0 aromatic rings. The van der Waals surface area contributed by atoms with Crippen LogP contribution in [-0.2, 0) is 14.4 Å². The molecule has 3 saturated carbocycles. The molecule has 5 aliphatic rings. The third-order valence-electron chi connectivity index (χ3n) is 12.6. The lowest BCUT2D eigenvalue weighted by atomic mass is 9.35. The molecule has 0 aliphatic heterocycles. The molecule has 0 aromatic carbocycles. The number of alkyl halides is 2. The Kier molecular flexibility index (Phi) is 6.09. The fraction of sp³-hybridized carbons (Fsp3) is 0.758. The van der Waals surface area contributed by atoms with Gasteiger partial charge >= 0.3 is 5.92 Å². The molecular weight excluding hydrogens is 510 g/mol. The summed E-state index contributed by atoms with van der Waals surface area (Å²) in [6.07, 6.45) is 8.42. The smallest absolute Gasteiger partial charge is 0.321 e. The number of ketones is 2. The first-order valence-electron chi connectivity index (χ1n) is 14.8. The summed E-state index contributed by atoms with van der Waals surface area (Å²) >= 11 is 0. The van der Waals surface area contributed by atoms with Crippen LogP contribution in [0.5, 0.6) is 0 Å². The van der Waals surface area contributed by atoms with Crippen molar-refractivity contribution in [2.75, 3.05) is 0 Å². The Morgan fingerprint density at radius 2 is 1.65 bits per heavy atom. The minimum atomic E-state index is -3.49. The fourth-order valence-electron chi connectivity index (χ4n) is 10.2. The van der Waals surface area contributed by atoms with E-state index in [0.717, 1.165) is 24.8 Å². The zero-order valence-corrected chi connectivity index (χ0v) is 25.3. The number of Topliss-reactive ketones (excluding diaryl/α,β-unsaturated/α-hetero) is 1. The van der Waals surface area contributed by atoms with Crippen LogP contribution in [0.4, 0.5) is 8.78 Å². The third kappa shape index (κ3) is 3.69. The van der Waals surface area contributed by atoms with Gasteiger partial charge in [0.2, 0.25) is 0 Å². The Morgan fingerprint density at radius 1 is 1.02 bits per heavy atom. The molecule has 0 bridgehead atoms. The molecule has 40 heavy (non-hydrogen) atoms. The second-order valence-corrected chi connectivity index (χ2v) is 15.8. The second-order valence-electron chi connectivity index (χ2n) is 15.8. The average Bonchev–Trinajstić information content (AvgIpc) is 2.83. The van der Waals surface area contributed by atoms with E-state index in [1.54, 1.807) is 6.08 Å². The topological polar surface area (TPSA) is 87.0 Å². The van der Waals surface area contributed by atoms with Crippen LogP contribution in [0.1, 0.15) is 100 Å². The number of hydrogen-bond donors (Lipinski definition) is 1. The number of halogens is 2. The molecule has 0 saturated heterocycles. The van der Waals surface area contributed by atoms with Gasteiger partial charge < -0.3 is 5.32 Å². The molecule has 7 atom stereocenters. The number of nitriles is 1. The van der Waals surface area contributed by atoms with Gasteiger partial charge in [0, 0.05) is 29.2 Å². The number of carbonyl (C=O) groups is 3. The summed E-state index contributed by atoms with van der Waals surface area (Å²) in [5.41, 5.74) is -1.98. The Labute approximate surface area is 237 Å². The van der Waals surface area contributed by atoms with Crippen molar-refractivity contribution in [1.29, 1.82) is 5.26 Å². The van der Waals surface area contributed by atoms with Gasteiger partial charge in [0.05, 0.1) is 5.57 Å². The van der Waals surface area contributed by atoms with Crippen molar-refractivity contribution in [1.82, 2.24) is 5.32 Å². The highest BCUT2D eigenvalue weighted by molar-refractivity contribution is 6.04. The number of carbonyl (C=O) groups excluding carboxylic acids is 3. The van der Waals surface area contributed by atoms with E-state index in [1.807, 2.05) is 19.9 Å². The Hall–Kier alpha value is -2.36. The SMILES string of the molecule is CC1(C)CC[C@]2(NC(=O)C(C)(F)F)CC[C@]3(C)[C@H](C(=O)C=C4[C@]5(C)C=C(C#N)C(=O)C(C)(C)[C@@H]5CC[C@@]43C)[C@H]2C1. The molecule has 7 heteroatoms. The van der Waals surface area contributed by atoms with E-state index in [0.29, 0.717) is 32.6 Å². The largest absolute Gasteiger partial charge is 0.345 e. The Bertz CT molecular complexity index is 1300. The normalized spacial score (nSPS) is 43.6. The summed E-state index contributed by atoms with van der Waals surface area (Å²) in [7, 11) is 0. The van der Waals surface area contributed by atoms with Gasteiger partial charge in [-0.2, -0.15) is 14.0 Å². The van der Waals surface area contributed by atoms with E-state index in [2.05, 4.69) is 46.0 Å². The van der Waals surface area contributed by atoms with Crippen molar-refractivity contribution in [2.45, 2.75) is 112 Å². The molecule has 5 nitrogen and oxygen atoms in total. The molecule has 5 rings (SSSR count). The minimum absolute atomic E-state index is 0.0113. The van der Waals surface area contributed by atoms with Crippen molar-refractivity contribution in [3.05, 3.63) is 23.3 Å². The van der Waals surface area contributed by atoms with Crippen molar-refractivity contribution >= 4 is 17.5 Å². The molecule has 0 unspecified atom stereocenters. The van der Waals surface area contributed by atoms with Gasteiger partial charge in [-0.1, -0.05) is 60.1 Å². The summed E-state index contributed by atoms with van der Waals surface area (Å²) < 4.78 is 28.3. The lowest BCUT2D eigenvalue weighted by Gasteiger charge is -2.69. The maximum absolute atomic E-state index is 14.4. The van der Waals surface area contributed by atoms with Crippen molar-refractivity contribution < 1.29 is 23.2 Å².